The molecule has 2 saturated heterocycles. The van der Waals surface area contributed by atoms with Gasteiger partial charge in [-0.3, -0.25) is 14.5 Å². The van der Waals surface area contributed by atoms with Gasteiger partial charge in [0, 0.05) is 86.4 Å². The van der Waals surface area contributed by atoms with Crippen molar-refractivity contribution in [2.75, 3.05) is 89.3 Å². The van der Waals surface area contributed by atoms with Crippen LogP contribution in [0.1, 0.15) is 33.1 Å². The minimum Gasteiger partial charge on any atom is -0.497 e. The molecule has 8 rings (SSSR count). The number of carbonyl (C=O) groups is 4. The van der Waals surface area contributed by atoms with Crippen molar-refractivity contribution in [3.05, 3.63) is 88.8 Å². The van der Waals surface area contributed by atoms with Crippen molar-refractivity contribution in [1.29, 1.82) is 0 Å². The van der Waals surface area contributed by atoms with Gasteiger partial charge in [0.25, 0.3) is 12.3 Å². The summed E-state index contributed by atoms with van der Waals surface area (Å²) in [5.74, 6) is 1.51. The van der Waals surface area contributed by atoms with E-state index in [1.54, 1.807) is 42.3 Å². The van der Waals surface area contributed by atoms with Crippen molar-refractivity contribution in [3.8, 4) is 29.6 Å². The highest BCUT2D eigenvalue weighted by Crippen LogP contribution is 2.47. The summed E-state index contributed by atoms with van der Waals surface area (Å²) in [6.07, 6.45) is -5.07. The number of carbonyl (C=O) groups excluding carboxylic acids is 3. The summed E-state index contributed by atoms with van der Waals surface area (Å²) in [6.45, 7) is 3.69. The number of rotatable bonds is 19. The van der Waals surface area contributed by atoms with Crippen molar-refractivity contribution in [1.82, 2.24) is 14.7 Å². The SMILES string of the molecule is C#CCN(CCN(C)C(=O)OCc1ccc(OC2OC(C(=O)O)C(O)C(O)C2O)cc1)C(O)Oc1cc2c(c3cc(OC)ccc13)[C@H](CCl)CN2C(=O)c1cc2cc(NC(=O)CCN3CCOCC3)ccc2s1. The van der Waals surface area contributed by atoms with Crippen LogP contribution in [0.25, 0.3) is 20.9 Å². The molecule has 22 heteroatoms. The van der Waals surface area contributed by atoms with E-state index in [0.29, 0.717) is 64.5 Å². The second-order valence-corrected chi connectivity index (χ2v) is 19.1. The lowest BCUT2D eigenvalue weighted by Crippen LogP contribution is -2.61. The average molecular weight is 1050 g/mol. The molecule has 4 heterocycles. The Labute approximate surface area is 429 Å². The number of aliphatic carboxylic acids is 1. The molecule has 0 radical (unpaired) electrons. The molecule has 0 bridgehead atoms. The van der Waals surface area contributed by atoms with Crippen molar-refractivity contribution in [2.45, 2.75) is 56.1 Å². The molecule has 1 aromatic heterocycles. The zero-order valence-electron chi connectivity index (χ0n) is 39.9. The Hall–Kier alpha value is -6.29. The molecule has 3 aliphatic heterocycles. The van der Waals surface area contributed by atoms with Gasteiger partial charge in [0.2, 0.25) is 12.2 Å². The number of hydrogen-bond acceptors (Lipinski definition) is 17. The van der Waals surface area contributed by atoms with Crippen LogP contribution < -0.4 is 24.4 Å². The number of halogens is 1. The standard InChI is InChI=1S/C51H56ClN5O15S/c1-4-14-56(17-16-54(2)50(65)69-28-29-5-8-33(9-6-29)70-49-45(61)43(59)44(60)46(72-49)48(63)64)51(66)71-38-25-37-42(36-24-34(67-3)10-11-35(36)38)31(26-52)27-57(37)47(62)40-23-30-22-32(7-12-39(30)73-40)53-41(58)13-15-55-18-20-68-21-19-55/h1,5-12,22-25,31,43-46,49,51,59-61,66H,13-21,26-28H2,2-3H3,(H,53,58)(H,63,64)/t31-,43?,44?,45?,46?,49?,51?/m1/s1. The van der Waals surface area contributed by atoms with Crippen LogP contribution in [0, 0.1) is 12.3 Å². The summed E-state index contributed by atoms with van der Waals surface area (Å²) in [5, 5.41) is 56.4. The Balaban J connectivity index is 0.918. The quantitative estimate of drug-likeness (QED) is 0.0391. The molecule has 2 fully saturated rings. The number of carboxylic acid groups (broad SMARTS) is 1. The smallest absolute Gasteiger partial charge is 0.409 e. The molecule has 3 aliphatic rings. The number of benzene rings is 4. The summed E-state index contributed by atoms with van der Waals surface area (Å²) >= 11 is 7.96. The number of aliphatic hydroxyl groups is 4. The summed E-state index contributed by atoms with van der Waals surface area (Å²) in [5.41, 5.74) is 2.54. The number of ether oxygens (including phenoxy) is 6. The molecule has 7 atom stereocenters. The second-order valence-electron chi connectivity index (χ2n) is 17.7. The Morgan fingerprint density at radius 1 is 0.959 bits per heavy atom. The maximum atomic E-state index is 14.6. The number of morpholine rings is 1. The lowest BCUT2D eigenvalue weighted by molar-refractivity contribution is -0.271. The fourth-order valence-electron chi connectivity index (χ4n) is 8.80. The summed E-state index contributed by atoms with van der Waals surface area (Å²) in [4.78, 5) is 59.0. The number of alkyl halides is 1. The number of anilines is 2. The monoisotopic (exact) mass is 1050 g/mol. The van der Waals surface area contributed by atoms with Crippen molar-refractivity contribution in [3.63, 3.8) is 0 Å². The van der Waals surface area contributed by atoms with Crippen LogP contribution in [0.15, 0.2) is 72.8 Å². The maximum Gasteiger partial charge on any atom is 0.409 e. The van der Waals surface area contributed by atoms with Gasteiger partial charge in [0.1, 0.15) is 42.2 Å². The molecule has 5 aromatic rings. The molecule has 388 valence electrons. The Kier molecular flexibility index (Phi) is 17.2. The molecule has 3 amide bonds. The normalized spacial score (nSPS) is 21.3. The number of likely N-dealkylation sites (N-methyl/N-ethyl adjacent to an activating group) is 1. The zero-order chi connectivity index (χ0) is 51.9. The van der Waals surface area contributed by atoms with E-state index in [1.165, 1.54) is 40.3 Å². The van der Waals surface area contributed by atoms with Crippen LogP contribution >= 0.6 is 22.9 Å². The van der Waals surface area contributed by atoms with E-state index in [0.717, 1.165) is 28.7 Å². The average Bonchev–Trinajstić information content (AvgIpc) is 4.00. The van der Waals surface area contributed by atoms with Gasteiger partial charge in [-0.1, -0.05) is 18.1 Å². The fraction of sp³-hybridized carbons (Fsp3) is 0.412. The van der Waals surface area contributed by atoms with E-state index in [1.807, 2.05) is 30.3 Å². The molecule has 6 N–H and O–H groups in total. The Morgan fingerprint density at radius 3 is 2.42 bits per heavy atom. The molecule has 0 saturated carbocycles. The van der Waals surface area contributed by atoms with Crippen molar-refractivity contribution in [2.24, 2.45) is 0 Å². The van der Waals surface area contributed by atoms with Crippen LogP contribution in [-0.4, -0.2) is 180 Å². The van der Waals surface area contributed by atoms with E-state index >= 15 is 0 Å². The van der Waals surface area contributed by atoms with E-state index in [-0.39, 0.29) is 67.9 Å². The van der Waals surface area contributed by atoms with Gasteiger partial charge < -0.3 is 69.1 Å². The highest BCUT2D eigenvalue weighted by Gasteiger charge is 2.48. The van der Waals surface area contributed by atoms with Gasteiger partial charge in [-0.05, 0) is 76.5 Å². The largest absolute Gasteiger partial charge is 0.497 e. The summed E-state index contributed by atoms with van der Waals surface area (Å²) < 4.78 is 34.4. The first kappa shape index (κ1) is 53.0. The van der Waals surface area contributed by atoms with Gasteiger partial charge in [-0.15, -0.1) is 29.4 Å². The molecule has 0 spiro atoms. The van der Waals surface area contributed by atoms with Gasteiger partial charge in [-0.25, -0.2) is 14.5 Å². The molecule has 4 aromatic carbocycles. The third-order valence-corrected chi connectivity index (χ3v) is 14.3. The topological polar surface area (TPSA) is 250 Å². The van der Waals surface area contributed by atoms with E-state index in [2.05, 4.69) is 16.1 Å². The number of terminal acetylenes is 1. The molecule has 0 aliphatic carbocycles. The minimum atomic E-state index is -1.86. The van der Waals surface area contributed by atoms with Crippen LogP contribution in [-0.2, 0) is 30.4 Å². The van der Waals surface area contributed by atoms with Gasteiger partial charge >= 0.3 is 12.1 Å². The third kappa shape index (κ3) is 12.2. The second kappa shape index (κ2) is 23.7. The minimum absolute atomic E-state index is 0.0496. The molecule has 20 nitrogen and oxygen atoms in total. The number of nitrogens with one attached hydrogen (secondary N) is 1. The number of fused-ring (bicyclic) bond motifs is 4. The van der Waals surface area contributed by atoms with Crippen molar-refractivity contribution < 1.29 is 73.1 Å². The summed E-state index contributed by atoms with van der Waals surface area (Å²) in [7, 11) is 3.06. The van der Waals surface area contributed by atoms with Crippen LogP contribution in [0.3, 0.4) is 0 Å². The van der Waals surface area contributed by atoms with E-state index in [4.69, 9.17) is 46.4 Å². The first-order chi connectivity index (χ1) is 35.1. The first-order valence-electron chi connectivity index (χ1n) is 23.4. The predicted molar refractivity (Wildman–Crippen MR) is 269 cm³/mol. The highest BCUT2D eigenvalue weighted by atomic mass is 35.5. The van der Waals surface area contributed by atoms with Gasteiger partial charge in [0.05, 0.1) is 37.4 Å². The fourth-order valence-corrected chi connectivity index (χ4v) is 10.0. The maximum absolute atomic E-state index is 14.6. The number of amides is 3. The van der Waals surface area contributed by atoms with Crippen molar-refractivity contribution >= 4 is 79.0 Å². The predicted octanol–water partition coefficient (Wildman–Crippen LogP) is 3.84. The number of hydrogen-bond donors (Lipinski definition) is 6. The lowest BCUT2D eigenvalue weighted by atomic mass is 9.95. The molecular weight excluding hydrogens is 990 g/mol. The van der Waals surface area contributed by atoms with Crippen LogP contribution in [0.5, 0.6) is 17.2 Å². The molecule has 73 heavy (non-hydrogen) atoms. The summed E-state index contributed by atoms with van der Waals surface area (Å²) in [6, 6.07) is 20.5. The van der Waals surface area contributed by atoms with E-state index < -0.39 is 49.2 Å². The zero-order valence-corrected chi connectivity index (χ0v) is 41.5. The number of aliphatic hydroxyl groups excluding tert-OH is 4. The Bertz CT molecular complexity index is 2840. The highest BCUT2D eigenvalue weighted by molar-refractivity contribution is 7.21. The van der Waals surface area contributed by atoms with Gasteiger partial charge in [0.15, 0.2) is 6.10 Å². The molecular formula is C51H56ClN5O15S. The van der Waals surface area contributed by atoms with E-state index in [9.17, 15) is 44.7 Å². The van der Waals surface area contributed by atoms with Gasteiger partial charge in [-0.2, -0.15) is 0 Å². The Morgan fingerprint density at radius 2 is 1.71 bits per heavy atom. The number of thiophene rings is 1. The number of carboxylic acids is 1. The molecule has 6 unspecified atom stereocenters. The van der Waals surface area contributed by atoms with Crippen LogP contribution in [0.4, 0.5) is 16.2 Å². The first-order valence-corrected chi connectivity index (χ1v) is 24.8. The third-order valence-electron chi connectivity index (χ3n) is 12.9. The lowest BCUT2D eigenvalue weighted by Gasteiger charge is -2.38. The van der Waals surface area contributed by atoms with Crippen LogP contribution in [0.2, 0.25) is 0 Å². The number of methoxy groups -OCH3 is 1. The number of nitrogens with zero attached hydrogens (tertiary/aromatic N) is 4.